The third kappa shape index (κ3) is 2.81. The van der Waals surface area contributed by atoms with Crippen LogP contribution in [0.15, 0.2) is 5.11 Å². The first-order chi connectivity index (χ1) is 4.09. The maximum Gasteiger partial charge on any atom is 0.393 e. The van der Waals surface area contributed by atoms with Gasteiger partial charge in [-0.05, 0) is 4.05 Å². The van der Waals surface area contributed by atoms with E-state index in [0.717, 1.165) is 0 Å². The van der Waals surface area contributed by atoms with Gasteiger partial charge in [0.15, 0.2) is 0 Å². The summed E-state index contributed by atoms with van der Waals surface area (Å²) in [6.07, 6.45) is 0. The van der Waals surface area contributed by atoms with Gasteiger partial charge in [0.05, 0.1) is 0 Å². The van der Waals surface area contributed by atoms with Crippen molar-refractivity contribution in [1.29, 1.82) is 5.53 Å². The summed E-state index contributed by atoms with van der Waals surface area (Å²) in [5.41, 5.74) is 6.14. The van der Waals surface area contributed by atoms with Crippen LogP contribution in [-0.2, 0) is 0 Å². The lowest BCUT2D eigenvalue weighted by atomic mass is 11.1. The summed E-state index contributed by atoms with van der Waals surface area (Å²) < 4.78 is 0.484. The molecule has 0 aliphatic carbocycles. The molecule has 0 saturated carbocycles. The summed E-state index contributed by atoms with van der Waals surface area (Å²) in [5, 5.41) is 2.40. The molecule has 0 heterocycles. The third-order valence-corrected chi connectivity index (χ3v) is 1.14. The maximum atomic E-state index is 10.2. The molecule has 0 aromatic heterocycles. The van der Waals surface area contributed by atoms with Crippen molar-refractivity contribution >= 4 is 41.4 Å². The highest BCUT2D eigenvalue weighted by atomic mass is 35.5. The highest BCUT2D eigenvalue weighted by Gasteiger charge is 2.14. The van der Waals surface area contributed by atoms with E-state index in [-0.39, 0.29) is 8.58 Å². The van der Waals surface area contributed by atoms with Crippen LogP contribution in [0.3, 0.4) is 0 Å². The molecule has 8 heteroatoms. The number of carbonyl (C=O) groups is 1. The zero-order valence-electron chi connectivity index (χ0n) is 3.88. The SMILES string of the molecule is N=NC(=O)N(Cl)N(Cl)Cl. The van der Waals surface area contributed by atoms with Crippen molar-refractivity contribution < 1.29 is 4.79 Å². The first-order valence-corrected chi connectivity index (χ1v) is 2.60. The Balaban J connectivity index is 3.87. The van der Waals surface area contributed by atoms with Crippen molar-refractivity contribution in [2.45, 2.75) is 0 Å². The van der Waals surface area contributed by atoms with Crippen LogP contribution < -0.4 is 0 Å². The number of carbonyl (C=O) groups excluding carboxylic acids is 1. The highest BCUT2D eigenvalue weighted by Crippen LogP contribution is 2.10. The van der Waals surface area contributed by atoms with Gasteiger partial charge in [0, 0.05) is 35.3 Å². The second-order valence-electron chi connectivity index (χ2n) is 0.870. The minimum absolute atomic E-state index is 0.232. The number of rotatable bonds is 1. The highest BCUT2D eigenvalue weighted by molar-refractivity contribution is 6.37. The van der Waals surface area contributed by atoms with Gasteiger partial charge >= 0.3 is 6.03 Å². The monoisotopic (exact) mass is 190 g/mol. The Hall–Kier alpha value is -0.100. The molecule has 0 aliphatic heterocycles. The summed E-state index contributed by atoms with van der Waals surface area (Å²) in [4.78, 5) is 10.2. The number of nitrogens with zero attached hydrogens (tertiary/aromatic N) is 3. The van der Waals surface area contributed by atoms with E-state index in [9.17, 15) is 4.79 Å². The molecule has 9 heavy (non-hydrogen) atoms. The Morgan fingerprint density at radius 3 is 2.00 bits per heavy atom. The van der Waals surface area contributed by atoms with Gasteiger partial charge in [-0.2, -0.15) is 5.53 Å². The summed E-state index contributed by atoms with van der Waals surface area (Å²) in [6.45, 7) is 0. The van der Waals surface area contributed by atoms with Gasteiger partial charge in [-0.1, -0.05) is 5.11 Å². The molecule has 0 saturated heterocycles. The Morgan fingerprint density at radius 1 is 1.44 bits per heavy atom. The fourth-order valence-electron chi connectivity index (χ4n) is 0.106. The van der Waals surface area contributed by atoms with E-state index in [1.54, 1.807) is 0 Å². The summed E-state index contributed by atoms with van der Waals surface area (Å²) >= 11 is 14.9. The van der Waals surface area contributed by atoms with Crippen LogP contribution >= 0.6 is 35.3 Å². The number of nitrogens with one attached hydrogen (secondary N) is 1. The van der Waals surface area contributed by atoms with Crippen LogP contribution in [0.25, 0.3) is 0 Å². The molecule has 0 fully saturated rings. The zero-order chi connectivity index (χ0) is 7.44. The Bertz CT molecular complexity index is 125. The molecule has 0 bridgehead atoms. The standard InChI is InChI=1S/CHCl3N4O/c2-7(8(3)4)1(9)6-5/h5H. The summed E-state index contributed by atoms with van der Waals surface area (Å²) in [6, 6.07) is -1.07. The Morgan fingerprint density at radius 2 is 1.89 bits per heavy atom. The smallest absolute Gasteiger partial charge is 0.241 e. The summed E-state index contributed by atoms with van der Waals surface area (Å²) in [7, 11) is 0. The molecule has 1 N–H and O–H groups in total. The van der Waals surface area contributed by atoms with Gasteiger partial charge in [-0.25, -0.2) is 4.79 Å². The maximum absolute atomic E-state index is 10.2. The molecule has 0 radical (unpaired) electrons. The van der Waals surface area contributed by atoms with E-state index < -0.39 is 6.03 Å². The van der Waals surface area contributed by atoms with Crippen LogP contribution in [0, 0.1) is 5.53 Å². The minimum atomic E-state index is -1.07. The number of amides is 2. The number of halogens is 3. The topological polar surface area (TPSA) is 59.8 Å². The van der Waals surface area contributed by atoms with Crippen molar-refractivity contribution in [1.82, 2.24) is 8.58 Å². The van der Waals surface area contributed by atoms with E-state index in [4.69, 9.17) is 40.9 Å². The fraction of sp³-hybridized carbons (Fsp3) is 0. The average Bonchev–Trinajstić information content (AvgIpc) is 1.84. The van der Waals surface area contributed by atoms with Crippen molar-refractivity contribution in [3.8, 4) is 0 Å². The zero-order valence-corrected chi connectivity index (χ0v) is 6.15. The van der Waals surface area contributed by atoms with Crippen molar-refractivity contribution in [3.05, 3.63) is 0 Å². The second-order valence-corrected chi connectivity index (χ2v) is 2.00. The van der Waals surface area contributed by atoms with E-state index in [2.05, 4.69) is 5.11 Å². The largest absolute Gasteiger partial charge is 0.393 e. The molecule has 0 aliphatic rings. The van der Waals surface area contributed by atoms with E-state index >= 15 is 0 Å². The van der Waals surface area contributed by atoms with Gasteiger partial charge in [-0.3, -0.25) is 0 Å². The van der Waals surface area contributed by atoms with Gasteiger partial charge < -0.3 is 0 Å². The molecular weight excluding hydrogens is 190 g/mol. The molecule has 52 valence electrons. The van der Waals surface area contributed by atoms with Crippen LogP contribution in [-0.4, -0.2) is 14.6 Å². The fourth-order valence-corrected chi connectivity index (χ4v) is 0.273. The molecule has 5 nitrogen and oxygen atoms in total. The third-order valence-electron chi connectivity index (χ3n) is 0.386. The van der Waals surface area contributed by atoms with Gasteiger partial charge in [-0.15, -0.1) is 4.53 Å². The molecule has 0 aromatic rings. The number of urea groups is 1. The Labute approximate surface area is 65.9 Å². The van der Waals surface area contributed by atoms with E-state index in [1.807, 2.05) is 0 Å². The lowest BCUT2D eigenvalue weighted by Crippen LogP contribution is -2.23. The molecule has 2 amide bonds. The first-order valence-electron chi connectivity index (χ1n) is 1.58. The lowest BCUT2D eigenvalue weighted by molar-refractivity contribution is 0.209. The molecular formula is CHCl3N4O. The van der Waals surface area contributed by atoms with E-state index in [1.165, 1.54) is 0 Å². The molecule has 0 atom stereocenters. The molecule has 0 unspecified atom stereocenters. The number of hydrogen-bond donors (Lipinski definition) is 1. The predicted molar refractivity (Wildman–Crippen MR) is 31.8 cm³/mol. The normalized spacial score (nSPS) is 9.33. The second kappa shape index (κ2) is 3.84. The van der Waals surface area contributed by atoms with Gasteiger partial charge in [0.2, 0.25) is 0 Å². The lowest BCUT2D eigenvalue weighted by Gasteiger charge is -2.09. The Kier molecular flexibility index (Phi) is 3.79. The molecule has 0 rings (SSSR count). The first kappa shape index (κ1) is 8.90. The van der Waals surface area contributed by atoms with E-state index in [0.29, 0.717) is 0 Å². The van der Waals surface area contributed by atoms with Crippen LogP contribution in [0.2, 0.25) is 0 Å². The number of hydrogen-bond acceptors (Lipinski definition) is 3. The van der Waals surface area contributed by atoms with Gasteiger partial charge in [0.1, 0.15) is 0 Å². The molecule has 0 aromatic carbocycles. The quantitative estimate of drug-likeness (QED) is 0.392. The predicted octanol–water partition coefficient (Wildman–Crippen LogP) is 2.12. The molecule has 0 spiro atoms. The summed E-state index contributed by atoms with van der Waals surface area (Å²) in [5.74, 6) is 0. The van der Waals surface area contributed by atoms with Crippen LogP contribution in [0.1, 0.15) is 0 Å². The number of hydrazine groups is 1. The van der Waals surface area contributed by atoms with Crippen molar-refractivity contribution in [2.75, 3.05) is 0 Å². The van der Waals surface area contributed by atoms with Crippen LogP contribution in [0.4, 0.5) is 4.79 Å². The van der Waals surface area contributed by atoms with Crippen molar-refractivity contribution in [2.24, 2.45) is 5.11 Å². The van der Waals surface area contributed by atoms with Crippen molar-refractivity contribution in [3.63, 3.8) is 0 Å². The minimum Gasteiger partial charge on any atom is -0.241 e. The average molecular weight is 191 g/mol. The van der Waals surface area contributed by atoms with Gasteiger partial charge in [0.25, 0.3) is 0 Å². The van der Waals surface area contributed by atoms with Crippen LogP contribution in [0.5, 0.6) is 0 Å².